The van der Waals surface area contributed by atoms with Gasteiger partial charge in [-0.05, 0) is 20.3 Å². The Kier molecular flexibility index (Phi) is 5.83. The molecule has 0 N–H and O–H groups in total. The molecule has 0 aliphatic carbocycles. The topological polar surface area (TPSA) is 20.3 Å². The second kappa shape index (κ2) is 6.90. The number of rotatable bonds is 6. The summed E-state index contributed by atoms with van der Waals surface area (Å²) in [6.45, 7) is 6.99. The molecule has 96 valence electrons. The maximum absolute atomic E-state index is 12.1. The molecule has 1 fully saturated rings. The summed E-state index contributed by atoms with van der Waals surface area (Å²) in [6, 6.07) is 0. The Balaban J connectivity index is 2.42. The predicted molar refractivity (Wildman–Crippen MR) is 76.1 cm³/mol. The summed E-state index contributed by atoms with van der Waals surface area (Å²) in [6.07, 6.45) is 6.75. The summed E-state index contributed by atoms with van der Waals surface area (Å²) >= 11 is 5.29. The van der Waals surface area contributed by atoms with Crippen LogP contribution >= 0.6 is 12.2 Å². The van der Waals surface area contributed by atoms with Gasteiger partial charge in [0.25, 0.3) is 5.91 Å². The summed E-state index contributed by atoms with van der Waals surface area (Å²) in [4.78, 5) is 14.7. The molecule has 0 spiro atoms. The summed E-state index contributed by atoms with van der Waals surface area (Å²) in [5.74, 6) is 0.144. The molecule has 3 heteroatoms. The number of allylic oxidation sites excluding steroid dienone is 1. The minimum absolute atomic E-state index is 0.144. The summed E-state index contributed by atoms with van der Waals surface area (Å²) < 4.78 is 0. The van der Waals surface area contributed by atoms with Crippen molar-refractivity contribution in [1.29, 1.82) is 0 Å². The van der Waals surface area contributed by atoms with E-state index in [-0.39, 0.29) is 5.91 Å². The second-order valence-corrected chi connectivity index (χ2v) is 5.39. The highest BCUT2D eigenvalue weighted by Gasteiger charge is 2.30. The van der Waals surface area contributed by atoms with Crippen LogP contribution in [0.4, 0.5) is 0 Å². The first-order valence-corrected chi connectivity index (χ1v) is 6.99. The fraction of sp³-hybridized carbons (Fsp3) is 0.714. The van der Waals surface area contributed by atoms with Crippen LogP contribution in [-0.2, 0) is 4.79 Å². The van der Waals surface area contributed by atoms with E-state index in [1.54, 1.807) is 4.90 Å². The van der Waals surface area contributed by atoms with Crippen LogP contribution in [0.25, 0.3) is 0 Å². The van der Waals surface area contributed by atoms with Gasteiger partial charge < -0.3 is 4.90 Å². The smallest absolute Gasteiger partial charge is 0.254 e. The molecule has 17 heavy (non-hydrogen) atoms. The second-order valence-electron chi connectivity index (χ2n) is 4.92. The molecular formula is C14H23NOS. The zero-order valence-electron chi connectivity index (χ0n) is 11.2. The van der Waals surface area contributed by atoms with Crippen LogP contribution in [0.5, 0.6) is 0 Å². The van der Waals surface area contributed by atoms with Crippen molar-refractivity contribution in [2.75, 3.05) is 6.54 Å². The molecule has 1 saturated heterocycles. The highest BCUT2D eigenvalue weighted by Crippen LogP contribution is 2.23. The van der Waals surface area contributed by atoms with E-state index in [0.29, 0.717) is 6.42 Å². The molecule has 1 rings (SSSR count). The lowest BCUT2D eigenvalue weighted by Gasteiger charge is -2.15. The lowest BCUT2D eigenvalue weighted by molar-refractivity contribution is -0.122. The Morgan fingerprint density at radius 2 is 1.88 bits per heavy atom. The number of thiocarbonyl (C=S) groups is 1. The Hall–Kier alpha value is -0.700. The van der Waals surface area contributed by atoms with Crippen LogP contribution in [-0.4, -0.2) is 22.3 Å². The van der Waals surface area contributed by atoms with Crippen molar-refractivity contribution >= 4 is 23.1 Å². The average molecular weight is 253 g/mol. The van der Waals surface area contributed by atoms with E-state index in [1.807, 2.05) is 13.8 Å². The van der Waals surface area contributed by atoms with Crippen LogP contribution in [0.2, 0.25) is 0 Å². The van der Waals surface area contributed by atoms with Crippen molar-refractivity contribution < 1.29 is 4.79 Å². The van der Waals surface area contributed by atoms with Crippen molar-refractivity contribution in [2.45, 2.75) is 59.3 Å². The Morgan fingerprint density at radius 3 is 2.41 bits per heavy atom. The molecule has 2 nitrogen and oxygen atoms in total. The van der Waals surface area contributed by atoms with E-state index in [2.05, 4.69) is 6.92 Å². The van der Waals surface area contributed by atoms with Gasteiger partial charge in [0, 0.05) is 18.5 Å². The third-order valence-corrected chi connectivity index (χ3v) is 3.59. The number of carbonyl (C=O) groups excluding carboxylic acids is 1. The zero-order chi connectivity index (χ0) is 12.8. The quantitative estimate of drug-likeness (QED) is 0.407. The van der Waals surface area contributed by atoms with Crippen molar-refractivity contribution in [2.24, 2.45) is 0 Å². The van der Waals surface area contributed by atoms with Gasteiger partial charge in [-0.3, -0.25) is 4.79 Å². The third kappa shape index (κ3) is 3.91. The van der Waals surface area contributed by atoms with E-state index in [9.17, 15) is 4.79 Å². The van der Waals surface area contributed by atoms with Gasteiger partial charge in [-0.25, -0.2) is 0 Å². The van der Waals surface area contributed by atoms with Gasteiger partial charge in [-0.2, -0.15) is 0 Å². The largest absolute Gasteiger partial charge is 0.302 e. The zero-order valence-corrected chi connectivity index (χ0v) is 12.0. The average Bonchev–Trinajstić information content (AvgIpc) is 2.56. The first-order chi connectivity index (χ1) is 8.07. The number of carbonyl (C=O) groups is 1. The minimum Gasteiger partial charge on any atom is -0.302 e. The molecule has 0 atom stereocenters. The number of unbranched alkanes of at least 4 members (excludes halogenated alkanes) is 4. The standard InChI is InChI=1S/C14H23NOS/c1-4-5-6-7-8-9-15-13(17)10-12(11(2)3)14(15)16/h4-10H2,1-3H3. The van der Waals surface area contributed by atoms with Crippen molar-refractivity contribution in [3.8, 4) is 0 Å². The van der Waals surface area contributed by atoms with Gasteiger partial charge >= 0.3 is 0 Å². The van der Waals surface area contributed by atoms with E-state index < -0.39 is 0 Å². The summed E-state index contributed by atoms with van der Waals surface area (Å²) in [7, 11) is 0. The van der Waals surface area contributed by atoms with E-state index in [1.165, 1.54) is 25.7 Å². The monoisotopic (exact) mass is 253 g/mol. The lowest BCUT2D eigenvalue weighted by atomic mass is 10.1. The number of hydrogen-bond acceptors (Lipinski definition) is 2. The Bertz CT molecular complexity index is 329. The van der Waals surface area contributed by atoms with Crippen LogP contribution in [0.15, 0.2) is 11.1 Å². The van der Waals surface area contributed by atoms with Crippen LogP contribution < -0.4 is 0 Å². The number of hydrogen-bond donors (Lipinski definition) is 0. The van der Waals surface area contributed by atoms with Gasteiger partial charge in [0.15, 0.2) is 0 Å². The molecule has 0 aromatic heterocycles. The molecule has 1 aliphatic rings. The molecule has 0 aromatic rings. The first kappa shape index (κ1) is 14.4. The fourth-order valence-corrected chi connectivity index (χ4v) is 2.41. The number of amides is 1. The van der Waals surface area contributed by atoms with Gasteiger partial charge in [0.2, 0.25) is 0 Å². The van der Waals surface area contributed by atoms with Gasteiger partial charge in [-0.1, -0.05) is 50.4 Å². The van der Waals surface area contributed by atoms with Crippen LogP contribution in [0.3, 0.4) is 0 Å². The predicted octanol–water partition coefficient (Wildman–Crippen LogP) is 3.85. The highest BCUT2D eigenvalue weighted by molar-refractivity contribution is 7.80. The molecule has 0 bridgehead atoms. The lowest BCUT2D eigenvalue weighted by Crippen LogP contribution is -2.29. The molecule has 0 aromatic carbocycles. The van der Waals surface area contributed by atoms with E-state index in [4.69, 9.17) is 12.2 Å². The molecule has 0 radical (unpaired) electrons. The highest BCUT2D eigenvalue weighted by atomic mass is 32.1. The van der Waals surface area contributed by atoms with E-state index >= 15 is 0 Å². The minimum atomic E-state index is 0.144. The molecule has 1 heterocycles. The maximum Gasteiger partial charge on any atom is 0.254 e. The van der Waals surface area contributed by atoms with Crippen LogP contribution in [0, 0.1) is 0 Å². The SMILES string of the molecule is CCCCCCCN1C(=O)C(=C(C)C)CC1=S. The first-order valence-electron chi connectivity index (χ1n) is 6.59. The van der Waals surface area contributed by atoms with Gasteiger partial charge in [-0.15, -0.1) is 0 Å². The molecule has 1 aliphatic heterocycles. The molecule has 0 saturated carbocycles. The summed E-state index contributed by atoms with van der Waals surface area (Å²) in [5, 5.41) is 0. The normalized spacial score (nSPS) is 15.9. The van der Waals surface area contributed by atoms with E-state index in [0.717, 1.165) is 29.1 Å². The van der Waals surface area contributed by atoms with Crippen molar-refractivity contribution in [3.63, 3.8) is 0 Å². The molecular weight excluding hydrogens is 230 g/mol. The van der Waals surface area contributed by atoms with Crippen molar-refractivity contribution in [3.05, 3.63) is 11.1 Å². The number of nitrogens with zero attached hydrogens (tertiary/aromatic N) is 1. The molecule has 1 amide bonds. The third-order valence-electron chi connectivity index (χ3n) is 3.22. The van der Waals surface area contributed by atoms with Crippen LogP contribution in [0.1, 0.15) is 59.3 Å². The van der Waals surface area contributed by atoms with Crippen molar-refractivity contribution in [1.82, 2.24) is 4.90 Å². The molecule has 0 unspecified atom stereocenters. The fourth-order valence-electron chi connectivity index (χ4n) is 2.09. The summed E-state index contributed by atoms with van der Waals surface area (Å²) in [5.41, 5.74) is 2.01. The maximum atomic E-state index is 12.1. The van der Waals surface area contributed by atoms with Gasteiger partial charge in [0.05, 0.1) is 4.99 Å². The number of likely N-dealkylation sites (tertiary alicyclic amines) is 1. The van der Waals surface area contributed by atoms with Gasteiger partial charge in [0.1, 0.15) is 0 Å². The Labute approximate surface area is 110 Å². The Morgan fingerprint density at radius 1 is 1.24 bits per heavy atom.